The Labute approximate surface area is 142 Å². The maximum absolute atomic E-state index is 12.9. The third-order valence-electron chi connectivity index (χ3n) is 4.19. The van der Waals surface area contributed by atoms with E-state index >= 15 is 0 Å². The molecule has 2 aromatic heterocycles. The number of rotatable bonds is 3. The van der Waals surface area contributed by atoms with Gasteiger partial charge in [-0.15, -0.1) is 0 Å². The third-order valence-corrected chi connectivity index (χ3v) is 4.86. The molecule has 0 spiro atoms. The number of hydrogen-bond acceptors (Lipinski definition) is 3. The Morgan fingerprint density at radius 1 is 1.39 bits per heavy atom. The molecule has 0 aliphatic carbocycles. The number of carbonyl (C=O) groups is 1. The summed E-state index contributed by atoms with van der Waals surface area (Å²) in [6.45, 7) is 12.1. The van der Waals surface area contributed by atoms with E-state index in [9.17, 15) is 4.79 Å². The Bertz CT molecular complexity index is 733. The molecule has 1 amide bonds. The van der Waals surface area contributed by atoms with E-state index in [-0.39, 0.29) is 11.4 Å². The number of aromatic nitrogens is 2. The van der Waals surface area contributed by atoms with Gasteiger partial charge in [-0.2, -0.15) is 16.4 Å². The van der Waals surface area contributed by atoms with Gasteiger partial charge in [0, 0.05) is 23.5 Å². The lowest BCUT2D eigenvalue weighted by molar-refractivity contribution is 0.0648. The Morgan fingerprint density at radius 2 is 2.04 bits per heavy atom. The summed E-state index contributed by atoms with van der Waals surface area (Å²) < 4.78 is 1.88. The van der Waals surface area contributed by atoms with E-state index in [0.717, 1.165) is 22.5 Å². The van der Waals surface area contributed by atoms with Crippen LogP contribution in [0.2, 0.25) is 0 Å². The van der Waals surface area contributed by atoms with Crippen LogP contribution in [-0.4, -0.2) is 33.2 Å². The number of carbonyl (C=O) groups excluding carboxylic acids is 1. The van der Waals surface area contributed by atoms with Crippen LogP contribution < -0.4 is 0 Å². The van der Waals surface area contributed by atoms with E-state index in [4.69, 9.17) is 0 Å². The van der Waals surface area contributed by atoms with E-state index in [1.54, 1.807) is 16.2 Å². The van der Waals surface area contributed by atoms with Crippen LogP contribution >= 0.6 is 11.3 Å². The van der Waals surface area contributed by atoms with Gasteiger partial charge in [0.1, 0.15) is 0 Å². The van der Waals surface area contributed by atoms with E-state index in [0.29, 0.717) is 5.69 Å². The Morgan fingerprint density at radius 3 is 2.52 bits per heavy atom. The molecule has 0 aliphatic rings. The molecule has 2 rings (SSSR count). The second-order valence-corrected chi connectivity index (χ2v) is 7.50. The molecule has 0 unspecified atom stereocenters. The number of allylic oxidation sites excluding steroid dienone is 2. The number of amides is 1. The first-order valence-corrected chi connectivity index (χ1v) is 8.66. The second-order valence-electron chi connectivity index (χ2n) is 6.72. The molecule has 23 heavy (non-hydrogen) atoms. The summed E-state index contributed by atoms with van der Waals surface area (Å²) in [6.07, 6.45) is 2.05. The summed E-state index contributed by atoms with van der Waals surface area (Å²) in [7, 11) is 1.83. The van der Waals surface area contributed by atoms with Crippen molar-refractivity contribution < 1.29 is 4.79 Å². The molecule has 0 radical (unpaired) electrons. The SMILES string of the molecule is C/C=C(\C)c1c(C)c(C(=O)N(C)C(C)(C)C)nn1-c1ccsc1. The summed E-state index contributed by atoms with van der Waals surface area (Å²) in [5, 5.41) is 8.71. The summed E-state index contributed by atoms with van der Waals surface area (Å²) in [4.78, 5) is 14.6. The highest BCUT2D eigenvalue weighted by molar-refractivity contribution is 7.08. The van der Waals surface area contributed by atoms with Crippen LogP contribution in [0.15, 0.2) is 22.9 Å². The summed E-state index contributed by atoms with van der Waals surface area (Å²) >= 11 is 1.62. The maximum atomic E-state index is 12.9. The molecule has 0 bridgehead atoms. The highest BCUT2D eigenvalue weighted by Gasteiger charge is 2.29. The third kappa shape index (κ3) is 3.24. The highest BCUT2D eigenvalue weighted by atomic mass is 32.1. The number of thiophene rings is 1. The highest BCUT2D eigenvalue weighted by Crippen LogP contribution is 2.27. The van der Waals surface area contributed by atoms with Crippen molar-refractivity contribution in [3.63, 3.8) is 0 Å². The van der Waals surface area contributed by atoms with E-state index in [1.165, 1.54) is 0 Å². The molecule has 2 aromatic rings. The maximum Gasteiger partial charge on any atom is 0.274 e. The molecule has 0 aromatic carbocycles. The average Bonchev–Trinajstić information content (AvgIpc) is 3.11. The van der Waals surface area contributed by atoms with Crippen molar-refractivity contribution in [3.05, 3.63) is 39.9 Å². The lowest BCUT2D eigenvalue weighted by atomic mass is 10.0. The van der Waals surface area contributed by atoms with E-state index < -0.39 is 0 Å². The van der Waals surface area contributed by atoms with Crippen molar-refractivity contribution >= 4 is 22.8 Å². The number of nitrogens with zero attached hydrogens (tertiary/aromatic N) is 3. The van der Waals surface area contributed by atoms with Crippen molar-refractivity contribution in [3.8, 4) is 5.69 Å². The van der Waals surface area contributed by atoms with Gasteiger partial charge in [-0.3, -0.25) is 4.79 Å². The number of hydrogen-bond donors (Lipinski definition) is 0. The van der Waals surface area contributed by atoms with Gasteiger partial charge in [-0.05, 0) is 58.6 Å². The zero-order valence-electron chi connectivity index (χ0n) is 15.0. The monoisotopic (exact) mass is 331 g/mol. The predicted molar refractivity (Wildman–Crippen MR) is 97.3 cm³/mol. The molecule has 0 fully saturated rings. The van der Waals surface area contributed by atoms with E-state index in [2.05, 4.69) is 18.1 Å². The topological polar surface area (TPSA) is 38.1 Å². The first kappa shape index (κ1) is 17.5. The van der Waals surface area contributed by atoms with Gasteiger partial charge < -0.3 is 4.90 Å². The van der Waals surface area contributed by atoms with E-state index in [1.807, 2.05) is 63.2 Å². The minimum Gasteiger partial charge on any atom is -0.335 e. The molecular weight excluding hydrogens is 306 g/mol. The van der Waals surface area contributed by atoms with Gasteiger partial charge in [0.15, 0.2) is 5.69 Å². The Balaban J connectivity index is 2.62. The van der Waals surface area contributed by atoms with Gasteiger partial charge in [0.05, 0.1) is 11.4 Å². The van der Waals surface area contributed by atoms with Crippen LogP contribution in [0.1, 0.15) is 56.4 Å². The minimum absolute atomic E-state index is 0.0471. The lowest BCUT2D eigenvalue weighted by Crippen LogP contribution is -2.42. The molecule has 5 heteroatoms. The fraction of sp³-hybridized carbons (Fsp3) is 0.444. The van der Waals surface area contributed by atoms with Crippen molar-refractivity contribution in [2.75, 3.05) is 7.05 Å². The first-order chi connectivity index (χ1) is 10.7. The molecule has 0 saturated heterocycles. The zero-order valence-corrected chi connectivity index (χ0v) is 15.8. The van der Waals surface area contributed by atoms with Gasteiger partial charge >= 0.3 is 0 Å². The van der Waals surface area contributed by atoms with Crippen molar-refractivity contribution in [2.45, 2.75) is 47.1 Å². The molecule has 0 saturated carbocycles. The van der Waals surface area contributed by atoms with Crippen LogP contribution in [0.25, 0.3) is 11.3 Å². The fourth-order valence-corrected chi connectivity index (χ4v) is 2.94. The largest absolute Gasteiger partial charge is 0.335 e. The zero-order chi connectivity index (χ0) is 17.4. The van der Waals surface area contributed by atoms with Gasteiger partial charge in [-0.1, -0.05) is 6.08 Å². The molecule has 0 N–H and O–H groups in total. The van der Waals surface area contributed by atoms with Gasteiger partial charge in [0.25, 0.3) is 5.91 Å². The Kier molecular flexibility index (Phi) is 4.80. The van der Waals surface area contributed by atoms with Crippen molar-refractivity contribution in [2.24, 2.45) is 0 Å². The van der Waals surface area contributed by atoms with Gasteiger partial charge in [-0.25, -0.2) is 4.68 Å². The van der Waals surface area contributed by atoms with Crippen LogP contribution in [-0.2, 0) is 0 Å². The lowest BCUT2D eigenvalue weighted by Gasteiger charge is -2.31. The van der Waals surface area contributed by atoms with Crippen LogP contribution in [0.4, 0.5) is 0 Å². The first-order valence-electron chi connectivity index (χ1n) is 7.72. The van der Waals surface area contributed by atoms with Crippen LogP contribution in [0.3, 0.4) is 0 Å². The van der Waals surface area contributed by atoms with Crippen LogP contribution in [0, 0.1) is 6.92 Å². The predicted octanol–water partition coefficient (Wildman–Crippen LogP) is 4.54. The average molecular weight is 331 g/mol. The molecule has 0 atom stereocenters. The molecule has 4 nitrogen and oxygen atoms in total. The van der Waals surface area contributed by atoms with Crippen molar-refractivity contribution in [1.29, 1.82) is 0 Å². The Hall–Kier alpha value is -1.88. The summed E-state index contributed by atoms with van der Waals surface area (Å²) in [5.74, 6) is -0.0471. The molecule has 2 heterocycles. The van der Waals surface area contributed by atoms with Crippen molar-refractivity contribution in [1.82, 2.24) is 14.7 Å². The fourth-order valence-electron chi connectivity index (χ4n) is 2.33. The quantitative estimate of drug-likeness (QED) is 0.828. The van der Waals surface area contributed by atoms with Gasteiger partial charge in [0.2, 0.25) is 0 Å². The minimum atomic E-state index is -0.245. The van der Waals surface area contributed by atoms with Crippen LogP contribution in [0.5, 0.6) is 0 Å². The standard InChI is InChI=1S/C18H25N3OS/c1-8-12(2)16-13(3)15(17(22)20(7)18(4,5)6)19-21(16)14-9-10-23-11-14/h8-11H,1-7H3/b12-8+. The summed E-state index contributed by atoms with van der Waals surface area (Å²) in [6, 6.07) is 2.02. The summed E-state index contributed by atoms with van der Waals surface area (Å²) in [5.41, 5.74) is 4.30. The molecular formula is C18H25N3OS. The normalized spacial score (nSPS) is 12.6. The molecule has 124 valence electrons. The smallest absolute Gasteiger partial charge is 0.274 e. The second kappa shape index (κ2) is 6.32. The molecule has 0 aliphatic heterocycles.